The van der Waals surface area contributed by atoms with Gasteiger partial charge in [-0.05, 0) is 18.2 Å². The molecule has 1 aliphatic heterocycles. The van der Waals surface area contributed by atoms with E-state index < -0.39 is 0 Å². The van der Waals surface area contributed by atoms with Crippen LogP contribution in [-0.4, -0.2) is 5.78 Å². The summed E-state index contributed by atoms with van der Waals surface area (Å²) in [7, 11) is 0. The molecule has 0 bridgehead atoms. The zero-order valence-electron chi connectivity index (χ0n) is 5.28. The Bertz CT molecular complexity index is 258. The van der Waals surface area contributed by atoms with Crippen molar-refractivity contribution in [2.75, 3.05) is 0 Å². The predicted octanol–water partition coefficient (Wildman–Crippen LogP) is 1.17. The standard InChI is InChI=1S/C8H6O2/c9-7-2-1-3-8-6(7)4-5-10-8/h1-6H. The first kappa shape index (κ1) is 5.47. The number of carbonyl (C=O) groups excluding carboxylic acids is 1. The zero-order chi connectivity index (χ0) is 6.97. The average molecular weight is 134 g/mol. The van der Waals surface area contributed by atoms with Gasteiger partial charge >= 0.3 is 0 Å². The molecular weight excluding hydrogens is 128 g/mol. The summed E-state index contributed by atoms with van der Waals surface area (Å²) >= 11 is 0. The molecule has 1 atom stereocenters. The lowest BCUT2D eigenvalue weighted by molar-refractivity contribution is -0.116. The zero-order valence-corrected chi connectivity index (χ0v) is 5.28. The van der Waals surface area contributed by atoms with Gasteiger partial charge in [-0.2, -0.15) is 0 Å². The molecule has 2 rings (SSSR count). The van der Waals surface area contributed by atoms with Crippen molar-refractivity contribution in [3.63, 3.8) is 0 Å². The molecule has 2 heteroatoms. The number of ketones is 1. The largest absolute Gasteiger partial charge is 0.469 e. The van der Waals surface area contributed by atoms with Crippen LogP contribution in [0.1, 0.15) is 0 Å². The van der Waals surface area contributed by atoms with Crippen LogP contribution in [0.5, 0.6) is 0 Å². The van der Waals surface area contributed by atoms with Crippen molar-refractivity contribution in [3.8, 4) is 0 Å². The first-order chi connectivity index (χ1) is 4.88. The van der Waals surface area contributed by atoms with Crippen LogP contribution in [0.4, 0.5) is 0 Å². The van der Waals surface area contributed by atoms with Gasteiger partial charge in [0.15, 0.2) is 5.78 Å². The molecule has 0 aromatic rings. The summed E-state index contributed by atoms with van der Waals surface area (Å²) in [6, 6.07) is 0. The molecule has 0 aromatic carbocycles. The molecule has 0 N–H and O–H groups in total. The number of ether oxygens (including phenoxy) is 1. The van der Waals surface area contributed by atoms with E-state index >= 15 is 0 Å². The SMILES string of the molecule is O=C1C=CC=C2OC=CC12. The van der Waals surface area contributed by atoms with Crippen molar-refractivity contribution in [1.29, 1.82) is 0 Å². The first-order valence-corrected chi connectivity index (χ1v) is 3.13. The lowest BCUT2D eigenvalue weighted by atomic mass is 9.99. The molecule has 0 spiro atoms. The van der Waals surface area contributed by atoms with Gasteiger partial charge in [0.2, 0.25) is 0 Å². The molecule has 0 fully saturated rings. The number of allylic oxidation sites excluding steroid dienone is 4. The fourth-order valence-corrected chi connectivity index (χ4v) is 1.08. The lowest BCUT2D eigenvalue weighted by Crippen LogP contribution is -2.11. The van der Waals surface area contributed by atoms with Gasteiger partial charge in [0.05, 0.1) is 6.26 Å². The van der Waals surface area contributed by atoms with Crippen LogP contribution in [0.3, 0.4) is 0 Å². The molecule has 2 aliphatic rings. The second kappa shape index (κ2) is 1.84. The van der Waals surface area contributed by atoms with Crippen LogP contribution in [0.25, 0.3) is 0 Å². The van der Waals surface area contributed by atoms with Gasteiger partial charge in [0.25, 0.3) is 0 Å². The van der Waals surface area contributed by atoms with Crippen molar-refractivity contribution in [2.45, 2.75) is 0 Å². The van der Waals surface area contributed by atoms with Crippen molar-refractivity contribution in [3.05, 3.63) is 36.3 Å². The Morgan fingerprint density at radius 3 is 3.20 bits per heavy atom. The maximum absolute atomic E-state index is 11.0. The highest BCUT2D eigenvalue weighted by atomic mass is 16.5. The van der Waals surface area contributed by atoms with Crippen LogP contribution in [0.2, 0.25) is 0 Å². The summed E-state index contributed by atoms with van der Waals surface area (Å²) in [6.45, 7) is 0. The van der Waals surface area contributed by atoms with Gasteiger partial charge in [-0.15, -0.1) is 0 Å². The molecule has 0 saturated carbocycles. The van der Waals surface area contributed by atoms with E-state index in [2.05, 4.69) is 0 Å². The smallest absolute Gasteiger partial charge is 0.170 e. The van der Waals surface area contributed by atoms with Gasteiger partial charge in [-0.1, -0.05) is 6.08 Å². The van der Waals surface area contributed by atoms with Gasteiger partial charge in [-0.25, -0.2) is 0 Å². The topological polar surface area (TPSA) is 26.3 Å². The Balaban J connectivity index is 2.40. The van der Waals surface area contributed by atoms with E-state index in [0.717, 1.165) is 5.76 Å². The minimum atomic E-state index is -0.134. The predicted molar refractivity (Wildman–Crippen MR) is 35.9 cm³/mol. The molecule has 0 aromatic heterocycles. The fourth-order valence-electron chi connectivity index (χ4n) is 1.08. The summed E-state index contributed by atoms with van der Waals surface area (Å²) in [4.78, 5) is 11.0. The second-order valence-electron chi connectivity index (χ2n) is 2.25. The van der Waals surface area contributed by atoms with E-state index in [-0.39, 0.29) is 11.7 Å². The highest BCUT2D eigenvalue weighted by molar-refractivity contribution is 5.96. The normalized spacial score (nSPS) is 27.8. The number of fused-ring (bicyclic) bond motifs is 1. The highest BCUT2D eigenvalue weighted by Gasteiger charge is 2.24. The fraction of sp³-hybridized carbons (Fsp3) is 0.125. The maximum atomic E-state index is 11.0. The molecule has 1 heterocycles. The van der Waals surface area contributed by atoms with E-state index in [9.17, 15) is 4.79 Å². The molecule has 0 amide bonds. The number of rotatable bonds is 0. The molecular formula is C8H6O2. The van der Waals surface area contributed by atoms with Gasteiger partial charge in [0, 0.05) is 0 Å². The third-order valence-electron chi connectivity index (χ3n) is 1.61. The Hall–Kier alpha value is -1.31. The quantitative estimate of drug-likeness (QED) is 0.497. The van der Waals surface area contributed by atoms with Gasteiger partial charge in [0.1, 0.15) is 11.7 Å². The molecule has 1 aliphatic carbocycles. The maximum Gasteiger partial charge on any atom is 0.170 e. The molecule has 1 unspecified atom stereocenters. The third kappa shape index (κ3) is 0.620. The van der Waals surface area contributed by atoms with E-state index in [1.165, 1.54) is 0 Å². The Morgan fingerprint density at radius 1 is 1.50 bits per heavy atom. The van der Waals surface area contributed by atoms with Crippen LogP contribution in [0, 0.1) is 5.92 Å². The van der Waals surface area contributed by atoms with Crippen molar-refractivity contribution in [2.24, 2.45) is 5.92 Å². The molecule has 50 valence electrons. The Kier molecular flexibility index (Phi) is 1.01. The second-order valence-corrected chi connectivity index (χ2v) is 2.25. The molecule has 10 heavy (non-hydrogen) atoms. The molecule has 0 saturated heterocycles. The third-order valence-corrected chi connectivity index (χ3v) is 1.61. The van der Waals surface area contributed by atoms with Gasteiger partial charge < -0.3 is 4.74 Å². The number of hydrogen-bond acceptors (Lipinski definition) is 2. The Labute approximate surface area is 58.5 Å². The summed E-state index contributed by atoms with van der Waals surface area (Å²) in [6.07, 6.45) is 8.40. The summed E-state index contributed by atoms with van der Waals surface area (Å²) < 4.78 is 5.04. The molecule has 2 nitrogen and oxygen atoms in total. The minimum absolute atomic E-state index is 0.103. The highest BCUT2D eigenvalue weighted by Crippen LogP contribution is 2.25. The van der Waals surface area contributed by atoms with Crippen LogP contribution in [0.15, 0.2) is 36.3 Å². The van der Waals surface area contributed by atoms with E-state index in [0.29, 0.717) is 0 Å². The van der Waals surface area contributed by atoms with E-state index in [4.69, 9.17) is 4.74 Å². The Morgan fingerprint density at radius 2 is 2.40 bits per heavy atom. The van der Waals surface area contributed by atoms with E-state index in [1.54, 1.807) is 24.5 Å². The summed E-state index contributed by atoms with van der Waals surface area (Å²) in [5.41, 5.74) is 0. The van der Waals surface area contributed by atoms with Crippen LogP contribution >= 0.6 is 0 Å². The van der Waals surface area contributed by atoms with Crippen molar-refractivity contribution >= 4 is 5.78 Å². The van der Waals surface area contributed by atoms with Crippen molar-refractivity contribution in [1.82, 2.24) is 0 Å². The first-order valence-electron chi connectivity index (χ1n) is 3.13. The lowest BCUT2D eigenvalue weighted by Gasteiger charge is -2.07. The average Bonchev–Trinajstić information content (AvgIpc) is 2.36. The van der Waals surface area contributed by atoms with Crippen molar-refractivity contribution < 1.29 is 9.53 Å². The van der Waals surface area contributed by atoms with Crippen LogP contribution in [-0.2, 0) is 9.53 Å². The van der Waals surface area contributed by atoms with E-state index in [1.807, 2.05) is 6.08 Å². The van der Waals surface area contributed by atoms with Crippen LogP contribution < -0.4 is 0 Å². The van der Waals surface area contributed by atoms with Gasteiger partial charge in [-0.3, -0.25) is 4.79 Å². The number of carbonyl (C=O) groups is 1. The summed E-state index contributed by atoms with van der Waals surface area (Å²) in [5, 5.41) is 0. The number of hydrogen-bond donors (Lipinski definition) is 0. The molecule has 0 radical (unpaired) electrons. The summed E-state index contributed by atoms with van der Waals surface area (Å²) in [5.74, 6) is 0.712. The minimum Gasteiger partial charge on any atom is -0.469 e. The monoisotopic (exact) mass is 134 g/mol.